The smallest absolute Gasteiger partial charge is 0.158 e. The van der Waals surface area contributed by atoms with Gasteiger partial charge in [-0.15, -0.1) is 11.3 Å². The standard InChI is InChI=1S/C8H7NO2S2.C2H6/c10-2-6-1-5(3-11-6)7-4-13-8(12)9-7;1-2/h1,3-4,10H,2H2,(H,9,12);1-2H3. The lowest BCUT2D eigenvalue weighted by molar-refractivity contribution is 0.247. The Morgan fingerprint density at radius 3 is 2.73 bits per heavy atom. The molecule has 0 fully saturated rings. The van der Waals surface area contributed by atoms with Crippen LogP contribution in [0.1, 0.15) is 19.6 Å². The molecule has 2 heterocycles. The van der Waals surface area contributed by atoms with E-state index in [4.69, 9.17) is 21.7 Å². The lowest BCUT2D eigenvalue weighted by Crippen LogP contribution is -1.75. The van der Waals surface area contributed by atoms with Crippen LogP contribution in [0.15, 0.2) is 22.1 Å². The number of aliphatic hydroxyl groups excluding tert-OH is 1. The van der Waals surface area contributed by atoms with Crippen LogP contribution in [0.4, 0.5) is 0 Å². The van der Waals surface area contributed by atoms with Gasteiger partial charge >= 0.3 is 0 Å². The predicted octanol–water partition coefficient (Wildman–Crippen LogP) is 3.58. The molecule has 0 spiro atoms. The average Bonchev–Trinajstić information content (AvgIpc) is 2.88. The third-order valence-corrected chi connectivity index (χ3v) is 2.70. The van der Waals surface area contributed by atoms with Crippen molar-refractivity contribution in [2.45, 2.75) is 20.5 Å². The minimum Gasteiger partial charge on any atom is -0.466 e. The Hall–Kier alpha value is -0.910. The molecule has 0 radical (unpaired) electrons. The van der Waals surface area contributed by atoms with Gasteiger partial charge in [0.1, 0.15) is 18.6 Å². The number of aliphatic hydroxyl groups is 1. The van der Waals surface area contributed by atoms with Gasteiger partial charge in [0.2, 0.25) is 0 Å². The Morgan fingerprint density at radius 2 is 2.27 bits per heavy atom. The molecule has 0 saturated heterocycles. The molecule has 0 aliphatic rings. The number of nitrogens with one attached hydrogen (secondary N) is 1. The fourth-order valence-electron chi connectivity index (χ4n) is 1.03. The van der Waals surface area contributed by atoms with Gasteiger partial charge in [0, 0.05) is 10.9 Å². The van der Waals surface area contributed by atoms with Crippen LogP contribution in [0.3, 0.4) is 0 Å². The van der Waals surface area contributed by atoms with Gasteiger partial charge in [0.15, 0.2) is 3.95 Å². The summed E-state index contributed by atoms with van der Waals surface area (Å²) in [5.74, 6) is 0.556. The number of aromatic amines is 1. The molecule has 2 N–H and O–H groups in total. The highest BCUT2D eigenvalue weighted by molar-refractivity contribution is 7.73. The van der Waals surface area contributed by atoms with Crippen LogP contribution >= 0.6 is 23.6 Å². The molecule has 2 rings (SSSR count). The summed E-state index contributed by atoms with van der Waals surface area (Å²) in [5.41, 5.74) is 1.84. The topological polar surface area (TPSA) is 49.2 Å². The molecule has 0 amide bonds. The van der Waals surface area contributed by atoms with Gasteiger partial charge in [-0.1, -0.05) is 13.8 Å². The van der Waals surface area contributed by atoms with Crippen molar-refractivity contribution < 1.29 is 9.52 Å². The zero-order valence-corrected chi connectivity index (χ0v) is 10.2. The minimum atomic E-state index is -0.0785. The summed E-state index contributed by atoms with van der Waals surface area (Å²) < 4.78 is 5.82. The summed E-state index contributed by atoms with van der Waals surface area (Å²) in [7, 11) is 0. The SMILES string of the molecule is CC.OCc1cc(-c2csc(=S)[nH]2)co1. The molecule has 0 aliphatic heterocycles. The van der Waals surface area contributed by atoms with Crippen molar-refractivity contribution in [1.82, 2.24) is 4.98 Å². The zero-order valence-electron chi connectivity index (χ0n) is 8.61. The van der Waals surface area contributed by atoms with Crippen molar-refractivity contribution in [3.63, 3.8) is 0 Å². The van der Waals surface area contributed by atoms with E-state index in [1.807, 2.05) is 19.2 Å². The van der Waals surface area contributed by atoms with E-state index < -0.39 is 0 Å². The Bertz CT molecular complexity index is 456. The number of rotatable bonds is 2. The van der Waals surface area contributed by atoms with Crippen LogP contribution in [0.5, 0.6) is 0 Å². The molecule has 0 aliphatic carbocycles. The molecule has 0 aromatic carbocycles. The fourth-order valence-corrected chi connectivity index (χ4v) is 1.87. The molecule has 15 heavy (non-hydrogen) atoms. The van der Waals surface area contributed by atoms with Gasteiger partial charge in [0.25, 0.3) is 0 Å². The predicted molar refractivity (Wildman–Crippen MR) is 64.5 cm³/mol. The maximum Gasteiger partial charge on any atom is 0.158 e. The van der Waals surface area contributed by atoms with Crippen molar-refractivity contribution in [1.29, 1.82) is 0 Å². The monoisotopic (exact) mass is 243 g/mol. The van der Waals surface area contributed by atoms with E-state index in [0.29, 0.717) is 5.76 Å². The highest BCUT2D eigenvalue weighted by atomic mass is 32.1. The lowest BCUT2D eigenvalue weighted by Gasteiger charge is -1.85. The van der Waals surface area contributed by atoms with Crippen molar-refractivity contribution in [3.05, 3.63) is 27.4 Å². The highest BCUT2D eigenvalue weighted by Gasteiger charge is 2.03. The molecule has 0 bridgehead atoms. The highest BCUT2D eigenvalue weighted by Crippen LogP contribution is 2.22. The van der Waals surface area contributed by atoms with Crippen LogP contribution in [0, 0.1) is 3.95 Å². The first-order valence-electron chi connectivity index (χ1n) is 4.66. The minimum absolute atomic E-state index is 0.0785. The first-order valence-corrected chi connectivity index (χ1v) is 5.95. The maximum atomic E-state index is 8.78. The Labute approximate surface area is 97.4 Å². The lowest BCUT2D eigenvalue weighted by atomic mass is 10.2. The molecule has 0 saturated carbocycles. The first-order chi connectivity index (χ1) is 7.29. The molecule has 3 nitrogen and oxygen atoms in total. The van der Waals surface area contributed by atoms with Gasteiger partial charge in [-0.05, 0) is 18.3 Å². The van der Waals surface area contributed by atoms with E-state index in [1.54, 1.807) is 12.3 Å². The second-order valence-corrected chi connectivity index (χ2v) is 4.07. The van der Waals surface area contributed by atoms with Crippen molar-refractivity contribution in [3.8, 4) is 11.3 Å². The zero-order chi connectivity index (χ0) is 11.3. The molecule has 5 heteroatoms. The van der Waals surface area contributed by atoms with Crippen molar-refractivity contribution >= 4 is 23.6 Å². The van der Waals surface area contributed by atoms with Gasteiger partial charge in [-0.2, -0.15) is 0 Å². The molecule has 0 atom stereocenters. The summed E-state index contributed by atoms with van der Waals surface area (Å²) in [5, 5.41) is 10.7. The molecular formula is C10H13NO2S2. The number of hydrogen-bond acceptors (Lipinski definition) is 4. The number of aromatic nitrogens is 1. The normalized spacial score (nSPS) is 9.53. The number of furan rings is 1. The quantitative estimate of drug-likeness (QED) is 0.792. The van der Waals surface area contributed by atoms with Gasteiger partial charge in [-0.3, -0.25) is 0 Å². The fraction of sp³-hybridized carbons (Fsp3) is 0.300. The average molecular weight is 243 g/mol. The van der Waals surface area contributed by atoms with E-state index in [1.165, 1.54) is 11.3 Å². The van der Waals surface area contributed by atoms with Gasteiger partial charge in [0.05, 0.1) is 5.69 Å². The molecule has 2 aromatic rings. The Balaban J connectivity index is 0.000000531. The van der Waals surface area contributed by atoms with Gasteiger partial charge in [-0.25, -0.2) is 0 Å². The van der Waals surface area contributed by atoms with E-state index in [-0.39, 0.29) is 6.61 Å². The van der Waals surface area contributed by atoms with Crippen LogP contribution in [0.2, 0.25) is 0 Å². The third kappa shape index (κ3) is 3.02. The van der Waals surface area contributed by atoms with E-state index >= 15 is 0 Å². The first kappa shape index (κ1) is 12.2. The van der Waals surface area contributed by atoms with Gasteiger partial charge < -0.3 is 14.5 Å². The largest absolute Gasteiger partial charge is 0.466 e. The van der Waals surface area contributed by atoms with E-state index in [2.05, 4.69) is 4.98 Å². The Morgan fingerprint density at radius 1 is 1.53 bits per heavy atom. The van der Waals surface area contributed by atoms with Crippen LogP contribution in [-0.4, -0.2) is 10.1 Å². The summed E-state index contributed by atoms with van der Waals surface area (Å²) in [6.45, 7) is 3.92. The molecule has 0 unspecified atom stereocenters. The van der Waals surface area contributed by atoms with Crippen LogP contribution < -0.4 is 0 Å². The summed E-state index contributed by atoms with van der Waals surface area (Å²) in [4.78, 5) is 3.02. The summed E-state index contributed by atoms with van der Waals surface area (Å²) in [6.07, 6.45) is 1.60. The number of H-pyrrole nitrogens is 1. The Kier molecular flexibility index (Phi) is 4.74. The second-order valence-electron chi connectivity index (χ2n) is 2.52. The van der Waals surface area contributed by atoms with Crippen molar-refractivity contribution in [2.75, 3.05) is 0 Å². The summed E-state index contributed by atoms with van der Waals surface area (Å²) >= 11 is 6.42. The third-order valence-electron chi connectivity index (χ3n) is 1.64. The van der Waals surface area contributed by atoms with E-state index in [0.717, 1.165) is 15.2 Å². The molecule has 2 aromatic heterocycles. The molecular weight excluding hydrogens is 230 g/mol. The summed E-state index contributed by atoms with van der Waals surface area (Å²) in [6, 6.07) is 1.79. The maximum absolute atomic E-state index is 8.78. The van der Waals surface area contributed by atoms with Crippen molar-refractivity contribution in [2.24, 2.45) is 0 Å². The molecule has 82 valence electrons. The number of hydrogen-bond donors (Lipinski definition) is 2. The van der Waals surface area contributed by atoms with Crippen LogP contribution in [0.25, 0.3) is 11.3 Å². The second kappa shape index (κ2) is 5.85. The number of thiazole rings is 1. The van der Waals surface area contributed by atoms with E-state index in [9.17, 15) is 0 Å². The van der Waals surface area contributed by atoms with Crippen LogP contribution in [-0.2, 0) is 6.61 Å².